The third-order valence-corrected chi connectivity index (χ3v) is 6.22. The van der Waals surface area contributed by atoms with Gasteiger partial charge in [-0.15, -0.1) is 0 Å². The lowest BCUT2D eigenvalue weighted by Gasteiger charge is -2.28. The Labute approximate surface area is 160 Å². The Balaban J connectivity index is 1.64. The maximum absolute atomic E-state index is 14.7. The van der Waals surface area contributed by atoms with Crippen molar-refractivity contribution in [3.8, 4) is 22.4 Å². The molecule has 1 atom stereocenters. The molecule has 0 bridgehead atoms. The first kappa shape index (κ1) is 17.8. The number of benzene rings is 2. The molecule has 0 saturated heterocycles. The van der Waals surface area contributed by atoms with E-state index in [1.807, 2.05) is 30.3 Å². The Hall–Kier alpha value is -2.64. The summed E-state index contributed by atoms with van der Waals surface area (Å²) < 4.78 is 30.2. The fraction of sp³-hybridized carbons (Fsp3) is 0.200. The van der Waals surface area contributed by atoms with Crippen LogP contribution in [0.4, 0.5) is 15.9 Å². The van der Waals surface area contributed by atoms with Crippen LogP contribution in [-0.4, -0.2) is 19.8 Å². The molecule has 3 N–H and O–H groups in total. The van der Waals surface area contributed by atoms with Gasteiger partial charge in [-0.1, -0.05) is 24.3 Å². The van der Waals surface area contributed by atoms with E-state index >= 15 is 0 Å². The van der Waals surface area contributed by atoms with E-state index in [0.717, 1.165) is 30.5 Å². The zero-order valence-corrected chi connectivity index (χ0v) is 15.4. The molecule has 5 nitrogen and oxygen atoms in total. The summed E-state index contributed by atoms with van der Waals surface area (Å²) in [6, 6.07) is 12.5. The summed E-state index contributed by atoms with van der Waals surface area (Å²) in [7, 11) is 0. The molecule has 1 aliphatic rings. The SMILES string of the molecule is Nc1cnc(-c2ccc(-c3ccccc3N[S+]([O-])C3CCC3)cc2F)cn1. The standard InChI is InChI=1S/C20H19FN4OS/c21-17-10-13(8-9-16(17)19-11-24-20(22)12-23-19)15-6-1-2-7-18(15)25-27(26)14-4-3-5-14/h1-2,6-12,14,25H,3-5H2,(H2,22,24). The molecule has 3 aromatic rings. The van der Waals surface area contributed by atoms with Crippen LogP contribution < -0.4 is 10.5 Å². The van der Waals surface area contributed by atoms with E-state index in [4.69, 9.17) is 5.73 Å². The van der Waals surface area contributed by atoms with Crippen LogP contribution in [0.2, 0.25) is 0 Å². The van der Waals surface area contributed by atoms with Gasteiger partial charge >= 0.3 is 0 Å². The molecule has 0 radical (unpaired) electrons. The number of nitrogen functional groups attached to an aromatic ring is 1. The third kappa shape index (κ3) is 3.74. The van der Waals surface area contributed by atoms with E-state index in [9.17, 15) is 8.94 Å². The molecule has 1 saturated carbocycles. The Morgan fingerprint density at radius 3 is 2.56 bits per heavy atom. The average Bonchev–Trinajstić information content (AvgIpc) is 2.61. The predicted molar refractivity (Wildman–Crippen MR) is 107 cm³/mol. The number of hydrogen-bond donors (Lipinski definition) is 2. The van der Waals surface area contributed by atoms with E-state index in [1.165, 1.54) is 18.5 Å². The zero-order valence-electron chi connectivity index (χ0n) is 14.6. The first-order valence-electron chi connectivity index (χ1n) is 8.76. The summed E-state index contributed by atoms with van der Waals surface area (Å²) in [5.74, 6) is -0.114. The topological polar surface area (TPSA) is 86.9 Å². The number of aromatic nitrogens is 2. The van der Waals surface area contributed by atoms with Crippen LogP contribution in [0, 0.1) is 5.82 Å². The van der Waals surface area contributed by atoms with Gasteiger partial charge in [0, 0.05) is 11.1 Å². The lowest BCUT2D eigenvalue weighted by atomic mass is 10.00. The molecule has 138 valence electrons. The summed E-state index contributed by atoms with van der Waals surface area (Å²) in [4.78, 5) is 8.08. The molecule has 1 heterocycles. The second-order valence-corrected chi connectivity index (χ2v) is 7.98. The number of rotatable bonds is 5. The highest BCUT2D eigenvalue weighted by molar-refractivity contribution is 7.93. The number of para-hydroxylation sites is 1. The Morgan fingerprint density at radius 2 is 1.89 bits per heavy atom. The number of nitrogens with one attached hydrogen (secondary N) is 1. The van der Waals surface area contributed by atoms with Crippen LogP contribution in [-0.2, 0) is 11.4 Å². The number of anilines is 2. The van der Waals surface area contributed by atoms with Crippen molar-refractivity contribution in [1.82, 2.24) is 9.97 Å². The van der Waals surface area contributed by atoms with E-state index in [1.54, 1.807) is 6.07 Å². The molecular weight excluding hydrogens is 363 g/mol. The highest BCUT2D eigenvalue weighted by Gasteiger charge is 2.30. The van der Waals surface area contributed by atoms with Crippen LogP contribution in [0.5, 0.6) is 0 Å². The van der Waals surface area contributed by atoms with Gasteiger partial charge in [0.05, 0.1) is 35.1 Å². The molecule has 0 spiro atoms. The van der Waals surface area contributed by atoms with Gasteiger partial charge in [0.2, 0.25) is 0 Å². The maximum atomic E-state index is 14.7. The summed E-state index contributed by atoms with van der Waals surface area (Å²) in [6.07, 6.45) is 5.93. The normalized spacial score (nSPS) is 15.2. The largest absolute Gasteiger partial charge is 0.593 e. The molecule has 7 heteroatoms. The van der Waals surface area contributed by atoms with Gasteiger partial charge in [-0.3, -0.25) is 4.98 Å². The molecule has 0 amide bonds. The smallest absolute Gasteiger partial charge is 0.141 e. The summed E-state index contributed by atoms with van der Waals surface area (Å²) in [5.41, 5.74) is 8.56. The lowest BCUT2D eigenvalue weighted by Crippen LogP contribution is -2.33. The quantitative estimate of drug-likeness (QED) is 0.647. The molecule has 2 aromatic carbocycles. The van der Waals surface area contributed by atoms with E-state index < -0.39 is 17.2 Å². The van der Waals surface area contributed by atoms with Gasteiger partial charge in [0.25, 0.3) is 0 Å². The molecule has 4 rings (SSSR count). The first-order chi connectivity index (χ1) is 13.1. The molecular formula is C20H19FN4OS. The van der Waals surface area contributed by atoms with Crippen LogP contribution >= 0.6 is 0 Å². The predicted octanol–water partition coefficient (Wildman–Crippen LogP) is 4.16. The van der Waals surface area contributed by atoms with Crippen molar-refractivity contribution in [2.45, 2.75) is 24.5 Å². The molecule has 27 heavy (non-hydrogen) atoms. The molecule has 1 aliphatic carbocycles. The van der Waals surface area contributed by atoms with Crippen molar-refractivity contribution < 1.29 is 8.94 Å². The van der Waals surface area contributed by atoms with Crippen molar-refractivity contribution >= 4 is 22.9 Å². The van der Waals surface area contributed by atoms with Crippen LogP contribution in [0.25, 0.3) is 22.4 Å². The summed E-state index contributed by atoms with van der Waals surface area (Å²) >= 11 is -1.13. The highest BCUT2D eigenvalue weighted by atomic mass is 32.2. The van der Waals surface area contributed by atoms with E-state index in [2.05, 4.69) is 14.7 Å². The Kier molecular flexibility index (Phi) is 4.96. The van der Waals surface area contributed by atoms with Crippen molar-refractivity contribution in [3.63, 3.8) is 0 Å². The van der Waals surface area contributed by atoms with Crippen molar-refractivity contribution in [2.75, 3.05) is 10.5 Å². The zero-order chi connectivity index (χ0) is 18.8. The molecule has 0 aliphatic heterocycles. The first-order valence-corrected chi connectivity index (χ1v) is 9.97. The second-order valence-electron chi connectivity index (χ2n) is 6.52. The minimum atomic E-state index is -1.13. The average molecular weight is 382 g/mol. The van der Waals surface area contributed by atoms with Gasteiger partial charge in [0.1, 0.15) is 16.9 Å². The van der Waals surface area contributed by atoms with Gasteiger partial charge in [0.15, 0.2) is 0 Å². The van der Waals surface area contributed by atoms with Gasteiger partial charge in [-0.05, 0) is 43.0 Å². The maximum Gasteiger partial charge on any atom is 0.141 e. The van der Waals surface area contributed by atoms with Crippen molar-refractivity contribution in [2.24, 2.45) is 0 Å². The monoisotopic (exact) mass is 382 g/mol. The number of hydrogen-bond acceptors (Lipinski definition) is 5. The minimum absolute atomic E-state index is 0.196. The van der Waals surface area contributed by atoms with E-state index in [0.29, 0.717) is 16.8 Å². The second kappa shape index (κ2) is 7.54. The Bertz CT molecular complexity index is 947. The molecule has 1 aromatic heterocycles. The number of nitrogens with zero attached hydrogens (tertiary/aromatic N) is 2. The Morgan fingerprint density at radius 1 is 1.07 bits per heavy atom. The van der Waals surface area contributed by atoms with Crippen molar-refractivity contribution in [1.29, 1.82) is 0 Å². The highest BCUT2D eigenvalue weighted by Crippen LogP contribution is 2.34. The van der Waals surface area contributed by atoms with Gasteiger partial charge in [-0.2, -0.15) is 0 Å². The van der Waals surface area contributed by atoms with Crippen LogP contribution in [0.15, 0.2) is 54.9 Å². The molecule has 1 fully saturated rings. The van der Waals surface area contributed by atoms with Crippen molar-refractivity contribution in [3.05, 3.63) is 60.7 Å². The lowest BCUT2D eigenvalue weighted by molar-refractivity contribution is 0.479. The number of nitrogens with two attached hydrogens (primary N) is 1. The van der Waals surface area contributed by atoms with Gasteiger partial charge in [-0.25, -0.2) is 14.1 Å². The minimum Gasteiger partial charge on any atom is -0.593 e. The summed E-state index contributed by atoms with van der Waals surface area (Å²) in [6.45, 7) is 0. The number of halogens is 1. The molecule has 1 unspecified atom stereocenters. The third-order valence-electron chi connectivity index (χ3n) is 4.72. The van der Waals surface area contributed by atoms with E-state index in [-0.39, 0.29) is 11.1 Å². The van der Waals surface area contributed by atoms with Crippen LogP contribution in [0.1, 0.15) is 19.3 Å². The fourth-order valence-electron chi connectivity index (χ4n) is 2.97. The fourth-order valence-corrected chi connectivity index (χ4v) is 4.29. The van der Waals surface area contributed by atoms with Crippen LogP contribution in [0.3, 0.4) is 0 Å². The summed E-state index contributed by atoms with van der Waals surface area (Å²) in [5, 5.41) is 0.196. The van der Waals surface area contributed by atoms with Gasteiger partial charge < -0.3 is 10.3 Å².